The molecule has 4 atom stereocenters. The first-order chi connectivity index (χ1) is 8.90. The molecule has 0 aromatic carbocycles. The fourth-order valence-corrected chi connectivity index (χ4v) is 2.98. The Hall–Kier alpha value is -1.42. The summed E-state index contributed by atoms with van der Waals surface area (Å²) in [6, 6.07) is 0. The lowest BCUT2D eigenvalue weighted by atomic mass is 9.89. The first-order valence-electron chi connectivity index (χ1n) is 6.67. The van der Waals surface area contributed by atoms with Crippen molar-refractivity contribution in [3.8, 4) is 0 Å². The summed E-state index contributed by atoms with van der Waals surface area (Å²) in [5.74, 6) is -0.218. The van der Waals surface area contributed by atoms with Crippen molar-refractivity contribution < 1.29 is 19.4 Å². The molecule has 1 heterocycles. The van der Waals surface area contributed by atoms with Gasteiger partial charge >= 0.3 is 5.97 Å². The van der Waals surface area contributed by atoms with Gasteiger partial charge in [0, 0.05) is 17.9 Å². The molecule has 0 spiro atoms. The second-order valence-corrected chi connectivity index (χ2v) is 5.57. The summed E-state index contributed by atoms with van der Waals surface area (Å²) < 4.78 is 5.32. The van der Waals surface area contributed by atoms with Crippen molar-refractivity contribution in [1.82, 2.24) is 0 Å². The third-order valence-electron chi connectivity index (χ3n) is 4.04. The molecular weight excluding hydrogens is 244 g/mol. The number of aliphatic hydroxyl groups is 1. The first kappa shape index (κ1) is 14.0. The first-order valence-corrected chi connectivity index (χ1v) is 6.67. The van der Waals surface area contributed by atoms with Gasteiger partial charge in [-0.15, -0.1) is 0 Å². The normalized spacial score (nSPS) is 32.2. The topological polar surface area (TPSA) is 63.6 Å². The predicted molar refractivity (Wildman–Crippen MR) is 70.3 cm³/mol. The Bertz CT molecular complexity index is 449. The van der Waals surface area contributed by atoms with E-state index in [4.69, 9.17) is 4.74 Å². The highest BCUT2D eigenvalue weighted by atomic mass is 16.6. The maximum absolute atomic E-state index is 11.5. The quantitative estimate of drug-likeness (QED) is 0.479. The summed E-state index contributed by atoms with van der Waals surface area (Å²) in [5, 5.41) is 10.1. The minimum Gasteiger partial charge on any atom is -0.458 e. The van der Waals surface area contributed by atoms with Crippen LogP contribution in [-0.2, 0) is 14.3 Å². The largest absolute Gasteiger partial charge is 0.458 e. The van der Waals surface area contributed by atoms with Crippen LogP contribution in [0.15, 0.2) is 23.8 Å². The number of allylic oxidation sites excluding steroid dienone is 1. The van der Waals surface area contributed by atoms with Gasteiger partial charge in [0.25, 0.3) is 0 Å². The van der Waals surface area contributed by atoms with E-state index in [0.717, 1.165) is 5.57 Å². The fourth-order valence-electron chi connectivity index (χ4n) is 2.98. The second kappa shape index (κ2) is 5.29. The zero-order valence-electron chi connectivity index (χ0n) is 11.4. The third kappa shape index (κ3) is 2.78. The second-order valence-electron chi connectivity index (χ2n) is 5.57. The molecule has 1 fully saturated rings. The van der Waals surface area contributed by atoms with Crippen molar-refractivity contribution in [2.24, 2.45) is 11.8 Å². The van der Waals surface area contributed by atoms with Crippen LogP contribution in [0.3, 0.4) is 0 Å². The molecule has 0 unspecified atom stereocenters. The van der Waals surface area contributed by atoms with Crippen LogP contribution >= 0.6 is 0 Å². The van der Waals surface area contributed by atoms with Crippen LogP contribution in [-0.4, -0.2) is 29.1 Å². The van der Waals surface area contributed by atoms with Crippen molar-refractivity contribution >= 4 is 11.8 Å². The monoisotopic (exact) mass is 264 g/mol. The van der Waals surface area contributed by atoms with Crippen LogP contribution < -0.4 is 0 Å². The van der Waals surface area contributed by atoms with Gasteiger partial charge < -0.3 is 9.84 Å². The minimum absolute atomic E-state index is 0.0111. The number of ketones is 1. The summed E-state index contributed by atoms with van der Waals surface area (Å²) >= 11 is 0. The van der Waals surface area contributed by atoms with Crippen LogP contribution in [0.1, 0.15) is 33.1 Å². The smallest absolute Gasteiger partial charge is 0.334 e. The molecule has 0 aromatic rings. The lowest BCUT2D eigenvalue weighted by Gasteiger charge is -2.21. The van der Waals surface area contributed by atoms with Gasteiger partial charge in [-0.05, 0) is 31.3 Å². The molecular formula is C15H20O4. The Labute approximate surface area is 113 Å². The predicted octanol–water partition coefficient (Wildman–Crippen LogP) is 1.78. The van der Waals surface area contributed by atoms with Crippen molar-refractivity contribution in [3.63, 3.8) is 0 Å². The number of hydrogen-bond acceptors (Lipinski definition) is 4. The number of hydrogen-bond donors (Lipinski definition) is 1. The Kier molecular flexibility index (Phi) is 3.90. The van der Waals surface area contributed by atoms with Gasteiger partial charge in [0.15, 0.2) is 0 Å². The molecule has 1 aliphatic heterocycles. The van der Waals surface area contributed by atoms with Gasteiger partial charge in [-0.2, -0.15) is 0 Å². The Balaban J connectivity index is 2.15. The highest BCUT2D eigenvalue weighted by Crippen LogP contribution is 2.39. The molecule has 4 heteroatoms. The van der Waals surface area contributed by atoms with Gasteiger partial charge in [0.2, 0.25) is 0 Å². The van der Waals surface area contributed by atoms with E-state index in [1.807, 2.05) is 13.0 Å². The van der Waals surface area contributed by atoms with Gasteiger partial charge in [0.05, 0.1) is 6.10 Å². The molecule has 0 aromatic heterocycles. The highest BCUT2D eigenvalue weighted by Gasteiger charge is 2.41. The summed E-state index contributed by atoms with van der Waals surface area (Å²) in [4.78, 5) is 22.6. The lowest BCUT2D eigenvalue weighted by molar-refractivity contribution is -0.139. The van der Waals surface area contributed by atoms with Crippen molar-refractivity contribution in [3.05, 3.63) is 23.8 Å². The van der Waals surface area contributed by atoms with Crippen LogP contribution in [0, 0.1) is 11.8 Å². The maximum Gasteiger partial charge on any atom is 0.334 e. The van der Waals surface area contributed by atoms with Crippen LogP contribution in [0.25, 0.3) is 0 Å². The molecule has 1 aliphatic carbocycles. The number of esters is 1. The summed E-state index contributed by atoms with van der Waals surface area (Å²) in [6.45, 7) is 7.25. The van der Waals surface area contributed by atoms with E-state index in [1.165, 1.54) is 6.92 Å². The number of rotatable bonds is 3. The average Bonchev–Trinajstić information content (AvgIpc) is 2.47. The SMILES string of the molecule is C=C1C(=O)O[C@@H]2C[C@H](C)C([C@H](O)CC(C)=O)=CC[C@@H]12. The zero-order valence-corrected chi connectivity index (χ0v) is 11.4. The summed E-state index contributed by atoms with van der Waals surface area (Å²) in [5.41, 5.74) is 1.41. The molecule has 0 saturated carbocycles. The van der Waals surface area contributed by atoms with Gasteiger partial charge in [-0.3, -0.25) is 4.79 Å². The number of carbonyl (C=O) groups is 2. The summed E-state index contributed by atoms with van der Waals surface area (Å²) in [6.07, 6.45) is 2.55. The van der Waals surface area contributed by atoms with E-state index in [0.29, 0.717) is 18.4 Å². The van der Waals surface area contributed by atoms with E-state index in [1.54, 1.807) is 0 Å². The Morgan fingerprint density at radius 3 is 2.95 bits per heavy atom. The average molecular weight is 264 g/mol. The van der Waals surface area contributed by atoms with Gasteiger partial charge in [-0.25, -0.2) is 4.79 Å². The van der Waals surface area contributed by atoms with Crippen molar-refractivity contribution in [1.29, 1.82) is 0 Å². The number of fused-ring (bicyclic) bond motifs is 1. The number of aliphatic hydroxyl groups excluding tert-OH is 1. The van der Waals surface area contributed by atoms with Crippen LogP contribution in [0.2, 0.25) is 0 Å². The lowest BCUT2D eigenvalue weighted by Crippen LogP contribution is -2.22. The molecule has 19 heavy (non-hydrogen) atoms. The molecule has 1 saturated heterocycles. The van der Waals surface area contributed by atoms with Crippen LogP contribution in [0.5, 0.6) is 0 Å². The molecule has 0 amide bonds. The van der Waals surface area contributed by atoms with Crippen molar-refractivity contribution in [2.45, 2.75) is 45.3 Å². The Morgan fingerprint density at radius 2 is 2.32 bits per heavy atom. The van der Waals surface area contributed by atoms with Crippen LogP contribution in [0.4, 0.5) is 0 Å². The van der Waals surface area contributed by atoms with Gasteiger partial charge in [0.1, 0.15) is 11.9 Å². The molecule has 0 radical (unpaired) electrons. The molecule has 1 N–H and O–H groups in total. The maximum atomic E-state index is 11.5. The molecule has 4 nitrogen and oxygen atoms in total. The molecule has 104 valence electrons. The van der Waals surface area contributed by atoms with Gasteiger partial charge in [-0.1, -0.05) is 19.6 Å². The summed E-state index contributed by atoms with van der Waals surface area (Å²) in [7, 11) is 0. The minimum atomic E-state index is -0.727. The zero-order chi connectivity index (χ0) is 14.2. The molecule has 2 aliphatic rings. The van der Waals surface area contributed by atoms with E-state index in [2.05, 4.69) is 6.58 Å². The van der Waals surface area contributed by atoms with E-state index < -0.39 is 6.10 Å². The molecule has 0 bridgehead atoms. The number of carbonyl (C=O) groups excluding carboxylic acids is 2. The molecule has 2 rings (SSSR count). The third-order valence-corrected chi connectivity index (χ3v) is 4.04. The Morgan fingerprint density at radius 1 is 1.63 bits per heavy atom. The van der Waals surface area contributed by atoms with E-state index in [-0.39, 0.29) is 36.1 Å². The number of Topliss-reactive ketones (excluding diaryl/α,β-unsaturated/α-hetero) is 1. The fraction of sp³-hybridized carbons (Fsp3) is 0.600. The van der Waals surface area contributed by atoms with E-state index in [9.17, 15) is 14.7 Å². The standard InChI is InChI=1S/C15H20O4/c1-8-6-14-12(10(3)15(18)19-14)5-4-11(8)13(17)7-9(2)16/h4,8,12-14,17H,3,5-7H2,1-2H3/t8-,12-,13+,14+/m0/s1. The van der Waals surface area contributed by atoms with E-state index >= 15 is 0 Å². The van der Waals surface area contributed by atoms with Crippen molar-refractivity contribution in [2.75, 3.05) is 0 Å². The number of ether oxygens (including phenoxy) is 1. The highest BCUT2D eigenvalue weighted by molar-refractivity contribution is 5.90.